The van der Waals surface area contributed by atoms with Gasteiger partial charge in [0.1, 0.15) is 11.9 Å². The molecular formula is C16H26N2O2. The SMILES string of the molecule is CCC(CNC(=O)[C@@H](N)C(C)C)Oc1cccc(C)c1. The Kier molecular flexibility index (Phi) is 6.52. The zero-order valence-electron chi connectivity index (χ0n) is 12.8. The van der Waals surface area contributed by atoms with E-state index in [-0.39, 0.29) is 17.9 Å². The average Bonchev–Trinajstić information content (AvgIpc) is 2.42. The number of carbonyl (C=O) groups is 1. The second kappa shape index (κ2) is 7.90. The topological polar surface area (TPSA) is 64.4 Å². The van der Waals surface area contributed by atoms with E-state index < -0.39 is 6.04 Å². The first-order valence-electron chi connectivity index (χ1n) is 7.20. The summed E-state index contributed by atoms with van der Waals surface area (Å²) < 4.78 is 5.88. The van der Waals surface area contributed by atoms with Crippen LogP contribution in [-0.2, 0) is 4.79 Å². The van der Waals surface area contributed by atoms with Gasteiger partial charge in [0.25, 0.3) is 0 Å². The van der Waals surface area contributed by atoms with E-state index in [2.05, 4.69) is 5.32 Å². The summed E-state index contributed by atoms with van der Waals surface area (Å²) in [7, 11) is 0. The van der Waals surface area contributed by atoms with Crippen LogP contribution in [0.1, 0.15) is 32.8 Å². The predicted molar refractivity (Wildman–Crippen MR) is 81.7 cm³/mol. The fourth-order valence-corrected chi connectivity index (χ4v) is 1.79. The summed E-state index contributed by atoms with van der Waals surface area (Å²) in [6.45, 7) is 8.41. The Balaban J connectivity index is 2.50. The van der Waals surface area contributed by atoms with E-state index in [1.54, 1.807) is 0 Å². The highest BCUT2D eigenvalue weighted by Crippen LogP contribution is 2.15. The fraction of sp³-hybridized carbons (Fsp3) is 0.562. The molecule has 0 saturated carbocycles. The van der Waals surface area contributed by atoms with Crippen molar-refractivity contribution in [2.24, 2.45) is 11.7 Å². The number of aryl methyl sites for hydroxylation is 1. The summed E-state index contributed by atoms with van der Waals surface area (Å²) in [6, 6.07) is 7.44. The van der Waals surface area contributed by atoms with Crippen molar-refractivity contribution in [1.82, 2.24) is 5.32 Å². The van der Waals surface area contributed by atoms with Crippen molar-refractivity contribution in [2.75, 3.05) is 6.54 Å². The molecule has 1 aromatic rings. The minimum atomic E-state index is -0.466. The van der Waals surface area contributed by atoms with Crippen molar-refractivity contribution < 1.29 is 9.53 Å². The number of nitrogens with two attached hydrogens (primary N) is 1. The molecule has 0 bridgehead atoms. The molecule has 0 saturated heterocycles. The first kappa shape index (κ1) is 16.5. The van der Waals surface area contributed by atoms with Gasteiger partial charge >= 0.3 is 0 Å². The van der Waals surface area contributed by atoms with Crippen molar-refractivity contribution in [3.63, 3.8) is 0 Å². The Morgan fingerprint density at radius 1 is 1.40 bits per heavy atom. The largest absolute Gasteiger partial charge is 0.489 e. The molecular weight excluding hydrogens is 252 g/mol. The maximum atomic E-state index is 11.8. The second-order valence-corrected chi connectivity index (χ2v) is 5.48. The number of carbonyl (C=O) groups excluding carboxylic acids is 1. The summed E-state index contributed by atoms with van der Waals surface area (Å²) in [4.78, 5) is 11.8. The Bertz CT molecular complexity index is 432. The zero-order valence-corrected chi connectivity index (χ0v) is 12.8. The van der Waals surface area contributed by atoms with Crippen molar-refractivity contribution in [3.8, 4) is 5.75 Å². The highest BCUT2D eigenvalue weighted by Gasteiger charge is 2.18. The van der Waals surface area contributed by atoms with Crippen LogP contribution in [0.5, 0.6) is 5.75 Å². The summed E-state index contributed by atoms with van der Waals surface area (Å²) in [5, 5.41) is 2.86. The number of hydrogen-bond acceptors (Lipinski definition) is 3. The van der Waals surface area contributed by atoms with E-state index in [4.69, 9.17) is 10.5 Å². The number of benzene rings is 1. The smallest absolute Gasteiger partial charge is 0.237 e. The molecule has 1 aromatic carbocycles. The molecule has 0 fully saturated rings. The van der Waals surface area contributed by atoms with Crippen LogP contribution < -0.4 is 15.8 Å². The van der Waals surface area contributed by atoms with Crippen molar-refractivity contribution in [1.29, 1.82) is 0 Å². The van der Waals surface area contributed by atoms with Gasteiger partial charge in [-0.1, -0.05) is 32.9 Å². The fourth-order valence-electron chi connectivity index (χ4n) is 1.79. The highest BCUT2D eigenvalue weighted by molar-refractivity contribution is 5.81. The predicted octanol–water partition coefficient (Wildman–Crippen LogP) is 2.25. The number of hydrogen-bond donors (Lipinski definition) is 2. The van der Waals surface area contributed by atoms with Gasteiger partial charge < -0.3 is 15.8 Å². The minimum absolute atomic E-state index is 0.0416. The molecule has 0 aromatic heterocycles. The summed E-state index contributed by atoms with van der Waals surface area (Å²) in [5.74, 6) is 0.846. The van der Waals surface area contributed by atoms with Crippen LogP contribution in [0.15, 0.2) is 24.3 Å². The van der Waals surface area contributed by atoms with Gasteiger partial charge in [-0.05, 0) is 37.0 Å². The van der Waals surface area contributed by atoms with Crippen LogP contribution in [0.25, 0.3) is 0 Å². The van der Waals surface area contributed by atoms with E-state index in [0.717, 1.165) is 17.7 Å². The molecule has 0 spiro atoms. The van der Waals surface area contributed by atoms with Gasteiger partial charge in [-0.25, -0.2) is 0 Å². The van der Waals surface area contributed by atoms with Gasteiger partial charge in [-0.15, -0.1) is 0 Å². The highest BCUT2D eigenvalue weighted by atomic mass is 16.5. The standard InChI is InChI=1S/C16H26N2O2/c1-5-13(10-18-16(19)15(17)11(2)3)20-14-8-6-7-12(4)9-14/h6-9,11,13,15H,5,10,17H2,1-4H3,(H,18,19)/t13?,15-/m0/s1. The lowest BCUT2D eigenvalue weighted by molar-refractivity contribution is -0.123. The maximum absolute atomic E-state index is 11.8. The number of rotatable bonds is 7. The van der Waals surface area contributed by atoms with Crippen molar-refractivity contribution in [2.45, 2.75) is 46.3 Å². The second-order valence-electron chi connectivity index (χ2n) is 5.48. The van der Waals surface area contributed by atoms with E-state index >= 15 is 0 Å². The zero-order chi connectivity index (χ0) is 15.1. The molecule has 0 aliphatic carbocycles. The third-order valence-electron chi connectivity index (χ3n) is 3.27. The Morgan fingerprint density at radius 2 is 2.10 bits per heavy atom. The normalized spacial score (nSPS) is 13.9. The monoisotopic (exact) mass is 278 g/mol. The van der Waals surface area contributed by atoms with E-state index in [1.807, 2.05) is 52.0 Å². The molecule has 20 heavy (non-hydrogen) atoms. The first-order chi connectivity index (χ1) is 9.43. The Labute approximate surface area is 121 Å². The van der Waals surface area contributed by atoms with Gasteiger partial charge in [-0.3, -0.25) is 4.79 Å². The molecule has 1 unspecified atom stereocenters. The third-order valence-corrected chi connectivity index (χ3v) is 3.27. The lowest BCUT2D eigenvalue weighted by atomic mass is 10.1. The molecule has 0 aliphatic rings. The van der Waals surface area contributed by atoms with E-state index in [9.17, 15) is 4.79 Å². The summed E-state index contributed by atoms with van der Waals surface area (Å²) in [6.07, 6.45) is 0.783. The number of nitrogens with one attached hydrogen (secondary N) is 1. The van der Waals surface area contributed by atoms with Gasteiger partial charge in [0.2, 0.25) is 5.91 Å². The van der Waals surface area contributed by atoms with Crippen LogP contribution >= 0.6 is 0 Å². The minimum Gasteiger partial charge on any atom is -0.489 e. The van der Waals surface area contributed by atoms with Crippen molar-refractivity contribution >= 4 is 5.91 Å². The number of amides is 1. The third kappa shape index (κ3) is 5.21. The summed E-state index contributed by atoms with van der Waals surface area (Å²) in [5.41, 5.74) is 6.96. The molecule has 0 aliphatic heterocycles. The van der Waals surface area contributed by atoms with Gasteiger partial charge in [0.15, 0.2) is 0 Å². The quantitative estimate of drug-likeness (QED) is 0.804. The van der Waals surface area contributed by atoms with Gasteiger partial charge in [0, 0.05) is 0 Å². The molecule has 1 rings (SSSR count). The maximum Gasteiger partial charge on any atom is 0.237 e. The Morgan fingerprint density at radius 3 is 2.65 bits per heavy atom. The van der Waals surface area contributed by atoms with Crippen LogP contribution in [0.2, 0.25) is 0 Å². The number of ether oxygens (including phenoxy) is 1. The van der Waals surface area contributed by atoms with E-state index in [1.165, 1.54) is 0 Å². The van der Waals surface area contributed by atoms with Crippen LogP contribution in [0.3, 0.4) is 0 Å². The lowest BCUT2D eigenvalue weighted by Crippen LogP contribution is -2.46. The average molecular weight is 278 g/mol. The van der Waals surface area contributed by atoms with Crippen molar-refractivity contribution in [3.05, 3.63) is 29.8 Å². The van der Waals surface area contributed by atoms with Crippen LogP contribution in [-0.4, -0.2) is 24.6 Å². The molecule has 0 heterocycles. The lowest BCUT2D eigenvalue weighted by Gasteiger charge is -2.21. The van der Waals surface area contributed by atoms with Crippen LogP contribution in [0, 0.1) is 12.8 Å². The molecule has 4 nitrogen and oxygen atoms in total. The van der Waals surface area contributed by atoms with Crippen LogP contribution in [0.4, 0.5) is 0 Å². The molecule has 112 valence electrons. The molecule has 1 amide bonds. The molecule has 2 atom stereocenters. The van der Waals surface area contributed by atoms with Gasteiger partial charge in [0.05, 0.1) is 12.6 Å². The Hall–Kier alpha value is -1.55. The molecule has 0 radical (unpaired) electrons. The first-order valence-corrected chi connectivity index (χ1v) is 7.20. The van der Waals surface area contributed by atoms with E-state index in [0.29, 0.717) is 6.54 Å². The summed E-state index contributed by atoms with van der Waals surface area (Å²) >= 11 is 0. The molecule has 3 N–H and O–H groups in total. The molecule has 4 heteroatoms. The van der Waals surface area contributed by atoms with Gasteiger partial charge in [-0.2, -0.15) is 0 Å².